The Balaban J connectivity index is 1.36. The van der Waals surface area contributed by atoms with Crippen molar-refractivity contribution >= 4 is 17.0 Å². The van der Waals surface area contributed by atoms with Crippen molar-refractivity contribution in [3.8, 4) is 11.5 Å². The lowest BCUT2D eigenvalue weighted by molar-refractivity contribution is 0.131. The summed E-state index contributed by atoms with van der Waals surface area (Å²) in [5, 5.41) is 28.1. The summed E-state index contributed by atoms with van der Waals surface area (Å²) >= 11 is 0. The summed E-state index contributed by atoms with van der Waals surface area (Å²) in [6.07, 6.45) is 1.72. The summed E-state index contributed by atoms with van der Waals surface area (Å²) in [5.74, 6) is -0.243. The van der Waals surface area contributed by atoms with E-state index in [4.69, 9.17) is 0 Å². The van der Waals surface area contributed by atoms with Crippen LogP contribution in [0.25, 0.3) is 10.8 Å². The molecule has 3 aromatic carbocycles. The summed E-state index contributed by atoms with van der Waals surface area (Å²) in [6.45, 7) is 4.60. The molecule has 4 rings (SSSR count). The van der Waals surface area contributed by atoms with Crippen LogP contribution in [0.5, 0.6) is 11.5 Å². The summed E-state index contributed by atoms with van der Waals surface area (Å²) in [7, 11) is 0. The quantitative estimate of drug-likeness (QED) is 0.552. The maximum absolute atomic E-state index is 9.56. The third-order valence-corrected chi connectivity index (χ3v) is 4.99. The number of fused-ring (bicyclic) bond motifs is 1. The van der Waals surface area contributed by atoms with Crippen molar-refractivity contribution in [2.45, 2.75) is 6.54 Å². The molecule has 0 unspecified atom stereocenters. The fourth-order valence-electron chi connectivity index (χ4n) is 3.45. The zero-order chi connectivity index (χ0) is 18.6. The molecule has 1 fully saturated rings. The minimum atomic E-state index is -0.126. The van der Waals surface area contributed by atoms with Crippen molar-refractivity contribution in [3.63, 3.8) is 0 Å². The lowest BCUT2D eigenvalue weighted by atomic mass is 10.0. The van der Waals surface area contributed by atoms with Gasteiger partial charge in [-0.1, -0.05) is 42.5 Å². The summed E-state index contributed by atoms with van der Waals surface area (Å²) < 4.78 is 0. The lowest BCUT2D eigenvalue weighted by Gasteiger charge is -2.33. The van der Waals surface area contributed by atoms with Gasteiger partial charge in [-0.25, -0.2) is 0 Å². The first-order chi connectivity index (χ1) is 13.2. The topological polar surface area (TPSA) is 59.3 Å². The van der Waals surface area contributed by atoms with Gasteiger partial charge < -0.3 is 10.2 Å². The Hall–Kier alpha value is -3.05. The van der Waals surface area contributed by atoms with Gasteiger partial charge >= 0.3 is 0 Å². The molecule has 2 N–H and O–H groups in total. The highest BCUT2D eigenvalue weighted by molar-refractivity contribution is 5.85. The molecule has 1 aliphatic rings. The number of nitrogens with zero attached hydrogens (tertiary/aromatic N) is 3. The van der Waals surface area contributed by atoms with Crippen molar-refractivity contribution in [1.82, 2.24) is 9.91 Å². The molecule has 5 heteroatoms. The number of phenolic OH excluding ortho intramolecular Hbond substituents is 2. The Morgan fingerprint density at radius 1 is 0.852 bits per heavy atom. The third-order valence-electron chi connectivity index (χ3n) is 4.99. The molecule has 0 saturated carbocycles. The number of rotatable bonds is 4. The summed E-state index contributed by atoms with van der Waals surface area (Å²) in [4.78, 5) is 2.46. The maximum Gasteiger partial charge on any atom is 0.158 e. The van der Waals surface area contributed by atoms with Crippen LogP contribution in [-0.2, 0) is 6.54 Å². The van der Waals surface area contributed by atoms with Crippen LogP contribution in [0.15, 0.2) is 65.8 Å². The second kappa shape index (κ2) is 7.68. The van der Waals surface area contributed by atoms with Gasteiger partial charge in [0, 0.05) is 32.7 Å². The second-order valence-electron chi connectivity index (χ2n) is 6.86. The van der Waals surface area contributed by atoms with Crippen LogP contribution in [0.2, 0.25) is 0 Å². The van der Waals surface area contributed by atoms with Crippen LogP contribution in [0.1, 0.15) is 11.1 Å². The van der Waals surface area contributed by atoms with E-state index in [1.807, 2.05) is 5.01 Å². The minimum absolute atomic E-state index is 0.116. The molecule has 0 amide bonds. The normalized spacial score (nSPS) is 15.6. The molecule has 138 valence electrons. The molecule has 1 aliphatic heterocycles. The molecule has 5 nitrogen and oxygen atoms in total. The average molecular weight is 361 g/mol. The second-order valence-corrected chi connectivity index (χ2v) is 6.86. The predicted molar refractivity (Wildman–Crippen MR) is 108 cm³/mol. The highest BCUT2D eigenvalue weighted by atomic mass is 16.3. The molecule has 1 heterocycles. The molecule has 3 aromatic rings. The van der Waals surface area contributed by atoms with Crippen LogP contribution in [0.3, 0.4) is 0 Å². The van der Waals surface area contributed by atoms with E-state index in [2.05, 4.69) is 52.5 Å². The van der Waals surface area contributed by atoms with E-state index in [0.717, 1.165) is 38.3 Å². The largest absolute Gasteiger partial charge is 0.504 e. The van der Waals surface area contributed by atoms with Gasteiger partial charge in [0.15, 0.2) is 11.5 Å². The third kappa shape index (κ3) is 4.04. The number of aromatic hydroxyl groups is 2. The van der Waals surface area contributed by atoms with Gasteiger partial charge in [-0.3, -0.25) is 9.91 Å². The first kappa shape index (κ1) is 17.4. The van der Waals surface area contributed by atoms with Crippen molar-refractivity contribution in [3.05, 3.63) is 71.8 Å². The first-order valence-electron chi connectivity index (χ1n) is 9.19. The number of hydrazone groups is 1. The van der Waals surface area contributed by atoms with Gasteiger partial charge in [0.25, 0.3) is 0 Å². The van der Waals surface area contributed by atoms with Gasteiger partial charge in [0.05, 0.1) is 6.21 Å². The molecule has 0 radical (unpaired) electrons. The number of piperazine rings is 1. The summed E-state index contributed by atoms with van der Waals surface area (Å²) in [5.41, 5.74) is 2.13. The molecule has 0 aromatic heterocycles. The van der Waals surface area contributed by atoms with Gasteiger partial charge in [-0.2, -0.15) is 5.10 Å². The average Bonchev–Trinajstić information content (AvgIpc) is 2.70. The number of benzene rings is 3. The van der Waals surface area contributed by atoms with Crippen LogP contribution in [0.4, 0.5) is 0 Å². The SMILES string of the molecule is Oc1ccc(/C=N/N2CCN(Cc3cccc4ccccc34)CC2)cc1O. The van der Waals surface area contributed by atoms with E-state index in [1.165, 1.54) is 28.5 Å². The first-order valence-corrected chi connectivity index (χ1v) is 9.19. The molecule has 0 spiro atoms. The predicted octanol–water partition coefficient (Wildman–Crippen LogP) is 3.40. The Kier molecular flexibility index (Phi) is 4.94. The lowest BCUT2D eigenvalue weighted by Crippen LogP contribution is -2.43. The number of hydrogen-bond donors (Lipinski definition) is 2. The number of phenols is 2. The van der Waals surface area contributed by atoms with Crippen LogP contribution in [0, 0.1) is 0 Å². The van der Waals surface area contributed by atoms with E-state index in [9.17, 15) is 10.2 Å². The fourth-order valence-corrected chi connectivity index (χ4v) is 3.45. The van der Waals surface area contributed by atoms with Crippen LogP contribution >= 0.6 is 0 Å². The van der Waals surface area contributed by atoms with Gasteiger partial charge in [0.1, 0.15) is 0 Å². The Morgan fingerprint density at radius 2 is 1.63 bits per heavy atom. The van der Waals surface area contributed by atoms with Crippen molar-refractivity contribution in [2.24, 2.45) is 5.10 Å². The molecule has 0 aliphatic carbocycles. The van der Waals surface area contributed by atoms with E-state index in [1.54, 1.807) is 12.3 Å². The van der Waals surface area contributed by atoms with E-state index in [0.29, 0.717) is 0 Å². The monoisotopic (exact) mass is 361 g/mol. The van der Waals surface area contributed by atoms with Gasteiger partial charge in [-0.05, 0) is 40.1 Å². The molecule has 0 atom stereocenters. The highest BCUT2D eigenvalue weighted by Crippen LogP contribution is 2.24. The number of hydrogen-bond acceptors (Lipinski definition) is 5. The van der Waals surface area contributed by atoms with E-state index >= 15 is 0 Å². The van der Waals surface area contributed by atoms with Gasteiger partial charge in [-0.15, -0.1) is 0 Å². The minimum Gasteiger partial charge on any atom is -0.504 e. The van der Waals surface area contributed by atoms with Crippen molar-refractivity contribution < 1.29 is 10.2 Å². The fraction of sp³-hybridized carbons (Fsp3) is 0.227. The highest BCUT2D eigenvalue weighted by Gasteiger charge is 2.16. The summed E-state index contributed by atoms with van der Waals surface area (Å²) in [6, 6.07) is 19.7. The van der Waals surface area contributed by atoms with Gasteiger partial charge in [0.2, 0.25) is 0 Å². The zero-order valence-electron chi connectivity index (χ0n) is 15.1. The molecule has 0 bridgehead atoms. The zero-order valence-corrected chi connectivity index (χ0v) is 15.1. The smallest absolute Gasteiger partial charge is 0.158 e. The van der Waals surface area contributed by atoms with E-state index < -0.39 is 0 Å². The standard InChI is InChI=1S/C22H23N3O2/c26-21-9-8-17(14-22(21)27)15-23-25-12-10-24(11-13-25)16-19-6-3-5-18-4-1-2-7-20(18)19/h1-9,14-15,26-27H,10-13,16H2/b23-15+. The molecule has 1 saturated heterocycles. The van der Waals surface area contributed by atoms with E-state index in [-0.39, 0.29) is 11.5 Å². The molecular formula is C22H23N3O2. The Morgan fingerprint density at radius 3 is 2.44 bits per heavy atom. The van der Waals surface area contributed by atoms with Crippen LogP contribution in [-0.4, -0.2) is 52.5 Å². The molecular weight excluding hydrogens is 338 g/mol. The van der Waals surface area contributed by atoms with Crippen molar-refractivity contribution in [1.29, 1.82) is 0 Å². The van der Waals surface area contributed by atoms with Crippen LogP contribution < -0.4 is 0 Å². The Labute approximate surface area is 158 Å². The van der Waals surface area contributed by atoms with Crippen molar-refractivity contribution in [2.75, 3.05) is 26.2 Å². The molecule has 27 heavy (non-hydrogen) atoms. The Bertz CT molecular complexity index is 957. The maximum atomic E-state index is 9.56.